The van der Waals surface area contributed by atoms with E-state index >= 15 is 0 Å². The lowest BCUT2D eigenvalue weighted by atomic mass is 10.1. The molecule has 1 aromatic heterocycles. The van der Waals surface area contributed by atoms with Crippen LogP contribution in [-0.4, -0.2) is 0 Å². The molecule has 0 spiro atoms. The molecule has 0 aliphatic rings. The fraction of sp³-hybridized carbons (Fsp3) is 0.0645. The molecule has 0 aliphatic carbocycles. The summed E-state index contributed by atoms with van der Waals surface area (Å²) in [5, 5.41) is 0. The normalized spacial score (nSPS) is 10.8. The summed E-state index contributed by atoms with van der Waals surface area (Å²) in [6.45, 7) is 8.98. The van der Waals surface area contributed by atoms with E-state index in [2.05, 4.69) is 103 Å². The van der Waals surface area contributed by atoms with Gasteiger partial charge in [-0.2, -0.15) is 0 Å². The number of aromatic nitrogens is 1. The Morgan fingerprint density at radius 3 is 1.61 bits per heavy atom. The van der Waals surface area contributed by atoms with Gasteiger partial charge < -0.3 is 4.74 Å². The quantitative estimate of drug-likeness (QED) is 0.259. The van der Waals surface area contributed by atoms with Crippen LogP contribution in [0.2, 0.25) is 0 Å². The first-order valence-corrected chi connectivity index (χ1v) is 11.0. The summed E-state index contributed by atoms with van der Waals surface area (Å²) in [6.07, 6.45) is 12.2. The van der Waals surface area contributed by atoms with Gasteiger partial charge >= 0.3 is 0 Å². The number of benzene rings is 3. The molecule has 0 saturated carbocycles. The van der Waals surface area contributed by atoms with E-state index < -0.39 is 0 Å². The Hall–Kier alpha value is -4.17. The van der Waals surface area contributed by atoms with E-state index in [1.807, 2.05) is 36.4 Å². The molecule has 4 rings (SSSR count). The lowest BCUT2D eigenvalue weighted by Gasteiger charge is -2.07. The highest BCUT2D eigenvalue weighted by molar-refractivity contribution is 5.69. The second-order valence-electron chi connectivity index (χ2n) is 7.89. The summed E-state index contributed by atoms with van der Waals surface area (Å²) in [4.78, 5) is 0. The molecule has 0 atom stereocenters. The van der Waals surface area contributed by atoms with Crippen molar-refractivity contribution < 1.29 is 9.30 Å². The zero-order valence-corrected chi connectivity index (χ0v) is 18.7. The van der Waals surface area contributed by atoms with Crippen LogP contribution in [0.15, 0.2) is 110 Å². The van der Waals surface area contributed by atoms with Crippen molar-refractivity contribution in [2.75, 3.05) is 0 Å². The Morgan fingerprint density at radius 1 is 0.576 bits per heavy atom. The van der Waals surface area contributed by atoms with Gasteiger partial charge in [0.25, 0.3) is 0 Å². The Bertz CT molecular complexity index is 1220. The molecule has 3 aromatic carbocycles. The Balaban J connectivity index is 1.30. The van der Waals surface area contributed by atoms with Crippen LogP contribution in [0.5, 0.6) is 5.75 Å². The maximum atomic E-state index is 5.90. The molecule has 2 nitrogen and oxygen atoms in total. The Labute approximate surface area is 196 Å². The molecule has 0 N–H and O–H groups in total. The fourth-order valence-corrected chi connectivity index (χ4v) is 3.44. The molecule has 0 bridgehead atoms. The molecule has 0 unspecified atom stereocenters. The third kappa shape index (κ3) is 6.41. The van der Waals surface area contributed by atoms with Crippen molar-refractivity contribution in [3.05, 3.63) is 144 Å². The van der Waals surface area contributed by atoms with E-state index in [0.29, 0.717) is 6.61 Å². The van der Waals surface area contributed by atoms with Gasteiger partial charge in [0, 0.05) is 17.7 Å². The van der Waals surface area contributed by atoms with Crippen LogP contribution in [-0.2, 0) is 13.2 Å². The largest absolute Gasteiger partial charge is 0.489 e. The van der Waals surface area contributed by atoms with Gasteiger partial charge in [0.05, 0.1) is 0 Å². The summed E-state index contributed by atoms with van der Waals surface area (Å²) in [5.74, 6) is 0.863. The van der Waals surface area contributed by atoms with Crippen molar-refractivity contribution >= 4 is 24.3 Å². The molecule has 0 radical (unpaired) electrons. The Morgan fingerprint density at radius 2 is 1.06 bits per heavy atom. The maximum Gasteiger partial charge on any atom is 0.173 e. The minimum atomic E-state index is 0.551. The van der Waals surface area contributed by atoms with Gasteiger partial charge in [-0.1, -0.05) is 98.1 Å². The van der Waals surface area contributed by atoms with Gasteiger partial charge in [0.15, 0.2) is 18.9 Å². The highest BCUT2D eigenvalue weighted by atomic mass is 16.5. The van der Waals surface area contributed by atoms with E-state index in [-0.39, 0.29) is 0 Å². The van der Waals surface area contributed by atoms with Crippen LogP contribution in [0.3, 0.4) is 0 Å². The zero-order chi connectivity index (χ0) is 22.9. The number of ether oxygens (including phenoxy) is 1. The SMILES string of the molecule is C=Cc1ccc(COc2ccc(/C=C/c3cc[n+](Cc4ccc(C=C)cc4)cc3)cc2)cc1. The van der Waals surface area contributed by atoms with Crippen LogP contribution >= 0.6 is 0 Å². The number of hydrogen-bond donors (Lipinski definition) is 0. The maximum absolute atomic E-state index is 5.90. The standard InChI is InChI=1S/C31H28NO/c1-3-25-5-11-29(12-6-25)23-32-21-19-28(20-22-32)10-9-27-15-17-31(18-16-27)33-24-30-13-7-26(4-2)8-14-30/h3-22H,1-2,23-24H2/q+1/b10-9+. The summed E-state index contributed by atoms with van der Waals surface area (Å²) in [6, 6.07) is 29.1. The molecule has 1 heterocycles. The summed E-state index contributed by atoms with van der Waals surface area (Å²) in [5.41, 5.74) is 6.96. The average molecular weight is 431 g/mol. The van der Waals surface area contributed by atoms with Gasteiger partial charge in [-0.05, 0) is 39.9 Å². The van der Waals surface area contributed by atoms with Crippen molar-refractivity contribution in [2.45, 2.75) is 13.2 Å². The molecule has 0 fully saturated rings. The molecular formula is C31H28NO+. The van der Waals surface area contributed by atoms with Crippen LogP contribution in [0.4, 0.5) is 0 Å². The lowest BCUT2D eigenvalue weighted by Crippen LogP contribution is -2.33. The van der Waals surface area contributed by atoms with Crippen LogP contribution in [0.1, 0.15) is 33.4 Å². The van der Waals surface area contributed by atoms with Crippen molar-refractivity contribution in [2.24, 2.45) is 0 Å². The minimum absolute atomic E-state index is 0.551. The molecule has 162 valence electrons. The third-order valence-corrected chi connectivity index (χ3v) is 5.47. The molecule has 0 aliphatic heterocycles. The fourth-order valence-electron chi connectivity index (χ4n) is 3.44. The highest BCUT2D eigenvalue weighted by Crippen LogP contribution is 2.16. The van der Waals surface area contributed by atoms with Gasteiger partial charge in [-0.25, -0.2) is 4.57 Å². The molecule has 0 amide bonds. The van der Waals surface area contributed by atoms with E-state index in [1.165, 1.54) is 5.56 Å². The topological polar surface area (TPSA) is 13.1 Å². The number of hydrogen-bond acceptors (Lipinski definition) is 1. The minimum Gasteiger partial charge on any atom is -0.489 e. The summed E-state index contributed by atoms with van der Waals surface area (Å²) >= 11 is 0. The van der Waals surface area contributed by atoms with Gasteiger partial charge in [-0.3, -0.25) is 0 Å². The molecule has 0 saturated heterocycles. The first kappa shape index (κ1) is 22.0. The molecular weight excluding hydrogens is 402 g/mol. The highest BCUT2D eigenvalue weighted by Gasteiger charge is 2.02. The van der Waals surface area contributed by atoms with E-state index in [9.17, 15) is 0 Å². The molecule has 33 heavy (non-hydrogen) atoms. The van der Waals surface area contributed by atoms with Gasteiger partial charge in [0.1, 0.15) is 12.4 Å². The first-order valence-electron chi connectivity index (χ1n) is 11.0. The second-order valence-corrected chi connectivity index (χ2v) is 7.89. The number of rotatable bonds is 9. The van der Waals surface area contributed by atoms with E-state index in [1.54, 1.807) is 0 Å². The smallest absolute Gasteiger partial charge is 0.173 e. The predicted octanol–water partition coefficient (Wildman–Crippen LogP) is 7.06. The van der Waals surface area contributed by atoms with E-state index in [0.717, 1.165) is 40.1 Å². The zero-order valence-electron chi connectivity index (χ0n) is 18.7. The lowest BCUT2D eigenvalue weighted by molar-refractivity contribution is -0.688. The summed E-state index contributed by atoms with van der Waals surface area (Å²) < 4.78 is 8.08. The Kier molecular flexibility index (Phi) is 7.29. The van der Waals surface area contributed by atoms with Crippen molar-refractivity contribution in [3.8, 4) is 5.75 Å². The van der Waals surface area contributed by atoms with Crippen molar-refractivity contribution in [3.63, 3.8) is 0 Å². The number of nitrogens with zero attached hydrogens (tertiary/aromatic N) is 1. The molecule has 4 aromatic rings. The monoisotopic (exact) mass is 430 g/mol. The third-order valence-electron chi connectivity index (χ3n) is 5.47. The van der Waals surface area contributed by atoms with Gasteiger partial charge in [0.2, 0.25) is 0 Å². The van der Waals surface area contributed by atoms with Crippen molar-refractivity contribution in [1.29, 1.82) is 0 Å². The van der Waals surface area contributed by atoms with Crippen LogP contribution in [0.25, 0.3) is 24.3 Å². The first-order chi connectivity index (χ1) is 16.2. The summed E-state index contributed by atoms with van der Waals surface area (Å²) in [7, 11) is 0. The van der Waals surface area contributed by atoms with Gasteiger partial charge in [-0.15, -0.1) is 0 Å². The van der Waals surface area contributed by atoms with Crippen molar-refractivity contribution in [1.82, 2.24) is 0 Å². The van der Waals surface area contributed by atoms with Crippen LogP contribution in [0, 0.1) is 0 Å². The molecule has 2 heteroatoms. The van der Waals surface area contributed by atoms with Crippen LogP contribution < -0.4 is 9.30 Å². The predicted molar refractivity (Wildman–Crippen MR) is 139 cm³/mol. The average Bonchev–Trinajstić information content (AvgIpc) is 2.88. The van der Waals surface area contributed by atoms with E-state index in [4.69, 9.17) is 4.74 Å². The number of pyridine rings is 1. The second kappa shape index (κ2) is 10.9.